The molecule has 1 aliphatic rings. The van der Waals surface area contributed by atoms with Gasteiger partial charge in [0.1, 0.15) is 11.5 Å². The molecule has 0 aromatic carbocycles. The third-order valence-electron chi connectivity index (χ3n) is 3.42. The van der Waals surface area contributed by atoms with E-state index < -0.39 is 0 Å². The molecule has 106 valence electrons. The summed E-state index contributed by atoms with van der Waals surface area (Å²) >= 11 is 1.43. The second-order valence-electron chi connectivity index (χ2n) is 5.10. The van der Waals surface area contributed by atoms with Crippen LogP contribution in [0.1, 0.15) is 29.1 Å². The van der Waals surface area contributed by atoms with Crippen molar-refractivity contribution in [2.24, 2.45) is 5.73 Å². The third kappa shape index (κ3) is 2.62. The fraction of sp³-hybridized carbons (Fsp3) is 0.429. The molecule has 1 amide bonds. The maximum Gasteiger partial charge on any atom is 0.273 e. The van der Waals surface area contributed by atoms with Crippen LogP contribution in [0.3, 0.4) is 0 Å². The van der Waals surface area contributed by atoms with Gasteiger partial charge in [0.05, 0.1) is 0 Å². The van der Waals surface area contributed by atoms with Gasteiger partial charge >= 0.3 is 0 Å². The number of likely N-dealkylation sites (tertiary alicyclic amines) is 1. The number of hydrogen-bond donors (Lipinski definition) is 1. The number of thiazole rings is 1. The zero-order valence-electron chi connectivity index (χ0n) is 11.3. The number of nitrogens with zero attached hydrogens (tertiary/aromatic N) is 2. The van der Waals surface area contributed by atoms with E-state index >= 15 is 0 Å². The molecule has 0 saturated carbocycles. The van der Waals surface area contributed by atoms with Gasteiger partial charge in [0.15, 0.2) is 10.8 Å². The summed E-state index contributed by atoms with van der Waals surface area (Å²) < 4.78 is 5.53. The molecule has 2 aromatic rings. The zero-order chi connectivity index (χ0) is 14.1. The summed E-state index contributed by atoms with van der Waals surface area (Å²) in [5.74, 6) is 1.51. The number of rotatable bonds is 2. The normalized spacial score (nSPS) is 19.3. The van der Waals surface area contributed by atoms with Gasteiger partial charge in [-0.2, -0.15) is 0 Å². The lowest BCUT2D eigenvalue weighted by Crippen LogP contribution is -2.45. The summed E-state index contributed by atoms with van der Waals surface area (Å²) in [5.41, 5.74) is 6.39. The van der Waals surface area contributed by atoms with E-state index in [-0.39, 0.29) is 11.9 Å². The fourth-order valence-corrected chi connectivity index (χ4v) is 3.14. The maximum atomic E-state index is 12.4. The smallest absolute Gasteiger partial charge is 0.273 e. The molecule has 0 radical (unpaired) electrons. The van der Waals surface area contributed by atoms with Crippen molar-refractivity contribution in [1.82, 2.24) is 9.88 Å². The Bertz CT molecular complexity index is 619. The number of piperidine rings is 1. The second kappa shape index (κ2) is 5.38. The molecular weight excluding hydrogens is 274 g/mol. The predicted molar refractivity (Wildman–Crippen MR) is 77.7 cm³/mol. The van der Waals surface area contributed by atoms with Gasteiger partial charge in [-0.25, -0.2) is 4.98 Å². The van der Waals surface area contributed by atoms with E-state index in [0.717, 1.165) is 30.2 Å². The lowest BCUT2D eigenvalue weighted by Gasteiger charge is -2.30. The quantitative estimate of drug-likeness (QED) is 0.921. The highest BCUT2D eigenvalue weighted by Gasteiger charge is 2.24. The van der Waals surface area contributed by atoms with E-state index in [1.54, 1.807) is 10.3 Å². The van der Waals surface area contributed by atoms with Crippen molar-refractivity contribution in [3.63, 3.8) is 0 Å². The number of furan rings is 1. The average Bonchev–Trinajstić information content (AvgIpc) is 3.06. The highest BCUT2D eigenvalue weighted by molar-refractivity contribution is 7.13. The molecule has 5 nitrogen and oxygen atoms in total. The van der Waals surface area contributed by atoms with Gasteiger partial charge in [-0.05, 0) is 31.9 Å². The van der Waals surface area contributed by atoms with Crippen LogP contribution in [0.15, 0.2) is 21.9 Å². The number of amides is 1. The molecule has 1 saturated heterocycles. The summed E-state index contributed by atoms with van der Waals surface area (Å²) in [4.78, 5) is 18.6. The minimum Gasteiger partial charge on any atom is -0.459 e. The number of carbonyl (C=O) groups excluding carboxylic acids is 1. The second-order valence-corrected chi connectivity index (χ2v) is 5.96. The van der Waals surface area contributed by atoms with Crippen LogP contribution in [0, 0.1) is 6.92 Å². The number of hydrogen-bond acceptors (Lipinski definition) is 5. The molecule has 0 bridgehead atoms. The predicted octanol–water partition coefficient (Wildman–Crippen LogP) is 2.27. The first-order valence-corrected chi connectivity index (χ1v) is 7.58. The van der Waals surface area contributed by atoms with Crippen molar-refractivity contribution in [2.45, 2.75) is 25.8 Å². The highest BCUT2D eigenvalue weighted by Crippen LogP contribution is 2.26. The Hall–Kier alpha value is -1.66. The molecule has 2 aromatic heterocycles. The average molecular weight is 291 g/mol. The molecular formula is C14H17N3O2S. The summed E-state index contributed by atoms with van der Waals surface area (Å²) in [7, 11) is 0. The Labute approximate surface area is 121 Å². The minimum absolute atomic E-state index is 0.0362. The lowest BCUT2D eigenvalue weighted by molar-refractivity contribution is 0.0704. The van der Waals surface area contributed by atoms with Gasteiger partial charge in [0, 0.05) is 24.5 Å². The molecule has 6 heteroatoms. The largest absolute Gasteiger partial charge is 0.459 e. The van der Waals surface area contributed by atoms with Crippen LogP contribution in [0.2, 0.25) is 0 Å². The van der Waals surface area contributed by atoms with Gasteiger partial charge in [0.25, 0.3) is 5.91 Å². The summed E-state index contributed by atoms with van der Waals surface area (Å²) in [5, 5.41) is 2.53. The number of nitrogens with two attached hydrogens (primary N) is 1. The first kappa shape index (κ1) is 13.3. The third-order valence-corrected chi connectivity index (χ3v) is 4.28. The summed E-state index contributed by atoms with van der Waals surface area (Å²) in [6.45, 7) is 3.27. The van der Waals surface area contributed by atoms with Crippen LogP contribution >= 0.6 is 11.3 Å². The first-order valence-electron chi connectivity index (χ1n) is 6.70. The standard InChI is InChI=1S/C14H17N3O2S/c1-9-4-5-12(19-9)13-16-11(8-20-13)14(18)17-6-2-3-10(15)7-17/h4-5,8,10H,2-3,6-7,15H2,1H3. The van der Waals surface area contributed by atoms with Crippen molar-refractivity contribution in [1.29, 1.82) is 0 Å². The van der Waals surface area contributed by atoms with Gasteiger partial charge in [-0.1, -0.05) is 0 Å². The summed E-state index contributed by atoms with van der Waals surface area (Å²) in [6.07, 6.45) is 1.94. The highest BCUT2D eigenvalue weighted by atomic mass is 32.1. The van der Waals surface area contributed by atoms with Crippen molar-refractivity contribution >= 4 is 17.2 Å². The van der Waals surface area contributed by atoms with Crippen molar-refractivity contribution in [3.05, 3.63) is 29.0 Å². The van der Waals surface area contributed by atoms with Crippen LogP contribution < -0.4 is 5.73 Å². The molecule has 1 atom stereocenters. The van der Waals surface area contributed by atoms with Crippen molar-refractivity contribution < 1.29 is 9.21 Å². The van der Waals surface area contributed by atoms with Crippen molar-refractivity contribution in [2.75, 3.05) is 13.1 Å². The molecule has 0 spiro atoms. The van der Waals surface area contributed by atoms with E-state index in [0.29, 0.717) is 18.0 Å². The number of aromatic nitrogens is 1. The number of aryl methyl sites for hydroxylation is 1. The Morgan fingerprint density at radius 2 is 2.40 bits per heavy atom. The molecule has 3 rings (SSSR count). The monoisotopic (exact) mass is 291 g/mol. The Kier molecular flexibility index (Phi) is 3.58. The van der Waals surface area contributed by atoms with Crippen LogP contribution in [-0.2, 0) is 0 Å². The molecule has 1 unspecified atom stereocenters. The molecule has 2 N–H and O–H groups in total. The van der Waals surface area contributed by atoms with Gasteiger partial charge in [0.2, 0.25) is 0 Å². The molecule has 3 heterocycles. The lowest BCUT2D eigenvalue weighted by atomic mass is 10.1. The van der Waals surface area contributed by atoms with E-state index in [4.69, 9.17) is 10.2 Å². The SMILES string of the molecule is Cc1ccc(-c2nc(C(=O)N3CCCC(N)C3)cs2)o1. The van der Waals surface area contributed by atoms with Crippen LogP contribution in [-0.4, -0.2) is 34.9 Å². The van der Waals surface area contributed by atoms with Gasteiger partial charge in [-0.15, -0.1) is 11.3 Å². The Morgan fingerprint density at radius 3 is 3.10 bits per heavy atom. The van der Waals surface area contributed by atoms with Crippen LogP contribution in [0.4, 0.5) is 0 Å². The molecule has 20 heavy (non-hydrogen) atoms. The number of carbonyl (C=O) groups is 1. The Morgan fingerprint density at radius 1 is 1.55 bits per heavy atom. The van der Waals surface area contributed by atoms with Crippen LogP contribution in [0.25, 0.3) is 10.8 Å². The molecule has 1 fully saturated rings. The minimum atomic E-state index is -0.0362. The topological polar surface area (TPSA) is 72.4 Å². The zero-order valence-corrected chi connectivity index (χ0v) is 12.2. The first-order chi connectivity index (χ1) is 9.63. The van der Waals surface area contributed by atoms with Gasteiger partial charge < -0.3 is 15.1 Å². The summed E-state index contributed by atoms with van der Waals surface area (Å²) in [6, 6.07) is 3.85. The Balaban J connectivity index is 1.77. The molecule has 1 aliphatic heterocycles. The fourth-order valence-electron chi connectivity index (χ4n) is 2.39. The van der Waals surface area contributed by atoms with Gasteiger partial charge in [-0.3, -0.25) is 4.79 Å². The van der Waals surface area contributed by atoms with E-state index in [9.17, 15) is 4.79 Å². The van der Waals surface area contributed by atoms with E-state index in [1.165, 1.54) is 11.3 Å². The van der Waals surface area contributed by atoms with E-state index in [2.05, 4.69) is 4.98 Å². The van der Waals surface area contributed by atoms with Crippen molar-refractivity contribution in [3.8, 4) is 10.8 Å². The van der Waals surface area contributed by atoms with E-state index in [1.807, 2.05) is 19.1 Å². The molecule has 0 aliphatic carbocycles. The van der Waals surface area contributed by atoms with Crippen LogP contribution in [0.5, 0.6) is 0 Å². The maximum absolute atomic E-state index is 12.4.